The molecule has 1 atom stereocenters. The number of halogens is 3. The first-order chi connectivity index (χ1) is 12.7. The lowest BCUT2D eigenvalue weighted by Crippen LogP contribution is -2.35. The minimum atomic E-state index is -4.40. The van der Waals surface area contributed by atoms with Gasteiger partial charge in [0.2, 0.25) is 5.91 Å². The number of aliphatic imine (C=N–C) groups is 1. The third-order valence-electron chi connectivity index (χ3n) is 4.28. The minimum Gasteiger partial charge on any atom is -0.483 e. The van der Waals surface area contributed by atoms with Crippen LogP contribution < -0.4 is 15.9 Å². The second-order valence-electron chi connectivity index (χ2n) is 6.29. The third kappa shape index (κ3) is 4.48. The Hall–Kier alpha value is -2.81. The smallest absolute Gasteiger partial charge is 0.422 e. The third-order valence-corrected chi connectivity index (χ3v) is 4.28. The highest BCUT2D eigenvalue weighted by molar-refractivity contribution is 6.03. The Kier molecular flexibility index (Phi) is 5.22. The lowest BCUT2D eigenvalue weighted by Gasteiger charge is -2.24. The van der Waals surface area contributed by atoms with Crippen molar-refractivity contribution in [2.24, 2.45) is 10.7 Å². The normalized spacial score (nSPS) is 21.3. The first-order valence-corrected chi connectivity index (χ1v) is 8.27. The molecule has 1 fully saturated rings. The number of allylic oxidation sites excluding steroid dienone is 2. The Labute approximate surface area is 154 Å². The second kappa shape index (κ2) is 7.43. The zero-order valence-corrected chi connectivity index (χ0v) is 14.6. The second-order valence-corrected chi connectivity index (χ2v) is 6.29. The summed E-state index contributed by atoms with van der Waals surface area (Å²) in [7, 11) is 1.83. The molecule has 0 radical (unpaired) electrons. The fourth-order valence-electron chi connectivity index (χ4n) is 3.08. The molecule has 144 valence electrons. The number of rotatable bonds is 5. The van der Waals surface area contributed by atoms with Crippen molar-refractivity contribution < 1.29 is 22.7 Å². The number of nitrogens with zero attached hydrogens (tertiary/aromatic N) is 2. The quantitative estimate of drug-likeness (QED) is 0.819. The fourth-order valence-corrected chi connectivity index (χ4v) is 3.08. The van der Waals surface area contributed by atoms with E-state index in [0.717, 1.165) is 11.1 Å². The number of alkyl halides is 3. The van der Waals surface area contributed by atoms with Gasteiger partial charge in [-0.05, 0) is 18.1 Å². The van der Waals surface area contributed by atoms with Gasteiger partial charge in [0.1, 0.15) is 18.1 Å². The molecule has 3 N–H and O–H groups in total. The summed E-state index contributed by atoms with van der Waals surface area (Å²) in [4.78, 5) is 15.1. The number of ether oxygens (including phenoxy) is 1. The average Bonchev–Trinajstić information content (AvgIpc) is 2.93. The van der Waals surface area contributed by atoms with E-state index in [9.17, 15) is 18.0 Å². The zero-order valence-electron chi connectivity index (χ0n) is 14.6. The number of hydrogen-bond acceptors (Lipinski definition) is 4. The van der Waals surface area contributed by atoms with Crippen LogP contribution in [0.1, 0.15) is 12.0 Å². The number of hydrazine groups is 1. The van der Waals surface area contributed by atoms with Crippen molar-refractivity contribution in [3.63, 3.8) is 0 Å². The maximum Gasteiger partial charge on any atom is 0.422 e. The molecule has 1 aromatic carbocycles. The standard InChI is InChI=1S/C18H19F3N4O2/c1-25-14-8-11(6-7-13(14)17(24-25)23-9-16(22)26)12-4-2-3-5-15(12)27-10-18(19,20)21/h2-7,14H,8-10H2,1H3,(H2,22,26)(H,23,24). The molecule has 9 heteroatoms. The Morgan fingerprint density at radius 2 is 2.11 bits per heavy atom. The van der Waals surface area contributed by atoms with Crippen molar-refractivity contribution in [2.45, 2.75) is 18.6 Å². The highest BCUT2D eigenvalue weighted by Gasteiger charge is 2.34. The van der Waals surface area contributed by atoms with Crippen LogP contribution in [0.4, 0.5) is 13.2 Å². The summed E-state index contributed by atoms with van der Waals surface area (Å²) in [6.07, 6.45) is -0.164. The number of fused-ring (bicyclic) bond motifs is 1. The molecular weight excluding hydrogens is 361 g/mol. The van der Waals surface area contributed by atoms with Crippen LogP contribution in [0.3, 0.4) is 0 Å². The maximum atomic E-state index is 12.5. The summed E-state index contributed by atoms with van der Waals surface area (Å²) in [5.41, 5.74) is 10.6. The molecular formula is C18H19F3N4O2. The highest BCUT2D eigenvalue weighted by Crippen LogP contribution is 2.36. The summed E-state index contributed by atoms with van der Waals surface area (Å²) in [6, 6.07) is 6.59. The van der Waals surface area contributed by atoms with Crippen molar-refractivity contribution in [3.05, 3.63) is 47.6 Å². The van der Waals surface area contributed by atoms with E-state index < -0.39 is 18.7 Å². The number of likely N-dealkylation sites (N-methyl/N-ethyl adjacent to an activating group) is 1. The van der Waals surface area contributed by atoms with Gasteiger partial charge in [0.25, 0.3) is 0 Å². The van der Waals surface area contributed by atoms with E-state index in [0.29, 0.717) is 17.8 Å². The predicted octanol–water partition coefficient (Wildman–Crippen LogP) is 2.04. The first-order valence-electron chi connectivity index (χ1n) is 8.27. The fraction of sp³-hybridized carbons (Fsp3) is 0.333. The number of nitrogens with two attached hydrogens (primary N) is 1. The summed E-state index contributed by atoms with van der Waals surface area (Å²) < 4.78 is 42.5. The first kappa shape index (κ1) is 19.0. The van der Waals surface area contributed by atoms with Gasteiger partial charge in [-0.15, -0.1) is 0 Å². The summed E-state index contributed by atoms with van der Waals surface area (Å²) >= 11 is 0. The van der Waals surface area contributed by atoms with Crippen LogP contribution in [0.2, 0.25) is 0 Å². The number of hydrogen-bond donors (Lipinski definition) is 2. The lowest BCUT2D eigenvalue weighted by molar-refractivity contribution is -0.153. The van der Waals surface area contributed by atoms with Gasteiger partial charge in [0.15, 0.2) is 6.61 Å². The molecule has 0 bridgehead atoms. The van der Waals surface area contributed by atoms with Crippen molar-refractivity contribution in [2.75, 3.05) is 20.2 Å². The molecule has 1 unspecified atom stereocenters. The summed E-state index contributed by atoms with van der Waals surface area (Å²) in [5, 5.41) is 1.85. The minimum absolute atomic E-state index is 0.0627. The van der Waals surface area contributed by atoms with Crippen LogP contribution in [0, 0.1) is 0 Å². The topological polar surface area (TPSA) is 80.0 Å². The Balaban J connectivity index is 1.86. The Morgan fingerprint density at radius 3 is 2.81 bits per heavy atom. The van der Waals surface area contributed by atoms with Crippen LogP contribution in [0.15, 0.2) is 47.0 Å². The van der Waals surface area contributed by atoms with Gasteiger partial charge < -0.3 is 15.9 Å². The average molecular weight is 380 g/mol. The van der Waals surface area contributed by atoms with E-state index in [2.05, 4.69) is 10.4 Å². The number of nitrogens with one attached hydrogen (secondary N) is 1. The summed E-state index contributed by atoms with van der Waals surface area (Å²) in [5.74, 6) is 0.228. The largest absolute Gasteiger partial charge is 0.483 e. The van der Waals surface area contributed by atoms with E-state index >= 15 is 0 Å². The van der Waals surface area contributed by atoms with Crippen LogP contribution >= 0.6 is 0 Å². The van der Waals surface area contributed by atoms with E-state index in [1.807, 2.05) is 24.2 Å². The number of amidine groups is 1. The van der Waals surface area contributed by atoms with Gasteiger partial charge in [0, 0.05) is 18.2 Å². The van der Waals surface area contributed by atoms with E-state index in [-0.39, 0.29) is 18.3 Å². The SMILES string of the molecule is CN1NC(=NCC(N)=O)C2=CC=C(c3ccccc3OCC(F)(F)F)CC21. The van der Waals surface area contributed by atoms with Gasteiger partial charge in [-0.25, -0.2) is 5.01 Å². The molecule has 3 rings (SSSR count). The number of primary amides is 1. The van der Waals surface area contributed by atoms with E-state index in [4.69, 9.17) is 10.5 Å². The van der Waals surface area contributed by atoms with Gasteiger partial charge in [-0.3, -0.25) is 9.79 Å². The van der Waals surface area contributed by atoms with Gasteiger partial charge in [-0.1, -0.05) is 30.4 Å². The molecule has 0 saturated carbocycles. The van der Waals surface area contributed by atoms with Crippen LogP contribution in [0.25, 0.3) is 5.57 Å². The molecule has 27 heavy (non-hydrogen) atoms. The van der Waals surface area contributed by atoms with Crippen LogP contribution in [-0.2, 0) is 4.79 Å². The van der Waals surface area contributed by atoms with E-state index in [1.165, 1.54) is 6.07 Å². The molecule has 1 aromatic rings. The number of carbonyl (C=O) groups excluding carboxylic acids is 1. The molecule has 1 amide bonds. The van der Waals surface area contributed by atoms with Crippen LogP contribution in [0.5, 0.6) is 5.75 Å². The van der Waals surface area contributed by atoms with Crippen LogP contribution in [-0.4, -0.2) is 49.2 Å². The zero-order chi connectivity index (χ0) is 19.6. The number of benzene rings is 1. The Bertz CT molecular complexity index is 830. The van der Waals surface area contributed by atoms with Gasteiger partial charge in [-0.2, -0.15) is 13.2 Å². The Morgan fingerprint density at radius 1 is 1.37 bits per heavy atom. The maximum absolute atomic E-state index is 12.5. The lowest BCUT2D eigenvalue weighted by atomic mass is 9.89. The van der Waals surface area contributed by atoms with E-state index in [1.54, 1.807) is 18.2 Å². The molecule has 1 aliphatic heterocycles. The van der Waals surface area contributed by atoms with Gasteiger partial charge in [0.05, 0.1) is 6.04 Å². The number of amides is 1. The molecule has 0 spiro atoms. The molecule has 1 heterocycles. The number of carbonyl (C=O) groups is 1. The molecule has 6 nitrogen and oxygen atoms in total. The highest BCUT2D eigenvalue weighted by atomic mass is 19.4. The van der Waals surface area contributed by atoms with Crippen molar-refractivity contribution >= 4 is 17.3 Å². The molecule has 1 aliphatic carbocycles. The van der Waals surface area contributed by atoms with Crippen molar-refractivity contribution in [3.8, 4) is 5.75 Å². The van der Waals surface area contributed by atoms with Crippen molar-refractivity contribution in [1.82, 2.24) is 10.4 Å². The molecule has 2 aliphatic rings. The monoisotopic (exact) mass is 380 g/mol. The summed E-state index contributed by atoms with van der Waals surface area (Å²) in [6.45, 7) is -1.46. The van der Waals surface area contributed by atoms with Crippen molar-refractivity contribution in [1.29, 1.82) is 0 Å². The van der Waals surface area contributed by atoms with Gasteiger partial charge >= 0.3 is 6.18 Å². The number of para-hydroxylation sites is 1. The predicted molar refractivity (Wildman–Crippen MR) is 94.9 cm³/mol. The molecule has 0 aromatic heterocycles. The molecule has 1 saturated heterocycles.